The molecule has 6 heteroatoms. The van der Waals surface area contributed by atoms with Crippen molar-refractivity contribution in [3.05, 3.63) is 28.8 Å². The van der Waals surface area contributed by atoms with Crippen molar-refractivity contribution in [3.63, 3.8) is 0 Å². The maximum absolute atomic E-state index is 11.9. The largest absolute Gasteiger partial charge is 0.478 e. The van der Waals surface area contributed by atoms with Crippen molar-refractivity contribution in [3.8, 4) is 0 Å². The Bertz CT molecular complexity index is 506. The molecule has 0 radical (unpaired) electrons. The van der Waals surface area contributed by atoms with Crippen LogP contribution in [0.15, 0.2) is 18.2 Å². The first-order valence-corrected chi connectivity index (χ1v) is 7.41. The van der Waals surface area contributed by atoms with E-state index in [0.717, 1.165) is 19.3 Å². The van der Waals surface area contributed by atoms with Crippen LogP contribution in [0.3, 0.4) is 0 Å². The molecule has 3 N–H and O–H groups in total. The minimum atomic E-state index is -1.06. The van der Waals surface area contributed by atoms with E-state index < -0.39 is 5.97 Å². The van der Waals surface area contributed by atoms with E-state index in [0.29, 0.717) is 16.8 Å². The standard InChI is InChI=1S/C15H21ClN2O3/c1-3-5-11(4-2)17-9-14(19)18-13-8-10(15(20)21)6-7-12(13)16/h6-8,11,17H,3-5,9H2,1-2H3,(H,18,19)(H,20,21). The maximum Gasteiger partial charge on any atom is 0.335 e. The van der Waals surface area contributed by atoms with Crippen LogP contribution in [0.5, 0.6) is 0 Å². The van der Waals surface area contributed by atoms with Gasteiger partial charge in [0.15, 0.2) is 0 Å². The molecule has 1 amide bonds. The second-order valence-electron chi connectivity index (χ2n) is 4.82. The van der Waals surface area contributed by atoms with Crippen LogP contribution in [-0.2, 0) is 4.79 Å². The number of carbonyl (C=O) groups excluding carboxylic acids is 1. The van der Waals surface area contributed by atoms with Gasteiger partial charge < -0.3 is 15.7 Å². The Morgan fingerprint density at radius 3 is 2.62 bits per heavy atom. The highest BCUT2D eigenvalue weighted by atomic mass is 35.5. The zero-order chi connectivity index (χ0) is 15.8. The second-order valence-corrected chi connectivity index (χ2v) is 5.23. The van der Waals surface area contributed by atoms with Gasteiger partial charge in [-0.25, -0.2) is 4.79 Å². The van der Waals surface area contributed by atoms with Crippen molar-refractivity contribution < 1.29 is 14.7 Å². The number of hydrogen-bond donors (Lipinski definition) is 3. The van der Waals surface area contributed by atoms with E-state index >= 15 is 0 Å². The molecule has 0 aliphatic rings. The number of aromatic carboxylic acids is 1. The monoisotopic (exact) mass is 312 g/mol. The molecule has 0 spiro atoms. The lowest BCUT2D eigenvalue weighted by molar-refractivity contribution is -0.115. The van der Waals surface area contributed by atoms with Gasteiger partial charge in [0.05, 0.1) is 22.8 Å². The molecule has 0 aliphatic carbocycles. The smallest absolute Gasteiger partial charge is 0.335 e. The molecule has 0 heterocycles. The Morgan fingerprint density at radius 1 is 1.33 bits per heavy atom. The predicted molar refractivity (Wildman–Crippen MR) is 84.0 cm³/mol. The van der Waals surface area contributed by atoms with Crippen molar-refractivity contribution in [2.45, 2.75) is 39.2 Å². The first kappa shape index (κ1) is 17.5. The zero-order valence-electron chi connectivity index (χ0n) is 12.3. The van der Waals surface area contributed by atoms with Crippen LogP contribution in [-0.4, -0.2) is 29.6 Å². The molecule has 1 rings (SSSR count). The number of carbonyl (C=O) groups is 2. The summed E-state index contributed by atoms with van der Waals surface area (Å²) in [6.45, 7) is 4.34. The third kappa shape index (κ3) is 5.73. The van der Waals surface area contributed by atoms with E-state index in [9.17, 15) is 9.59 Å². The highest BCUT2D eigenvalue weighted by Gasteiger charge is 2.11. The van der Waals surface area contributed by atoms with Gasteiger partial charge in [-0.3, -0.25) is 4.79 Å². The van der Waals surface area contributed by atoms with Crippen LogP contribution in [0.25, 0.3) is 0 Å². The average molecular weight is 313 g/mol. The van der Waals surface area contributed by atoms with Crippen molar-refractivity contribution in [2.75, 3.05) is 11.9 Å². The van der Waals surface area contributed by atoms with Gasteiger partial charge in [0.2, 0.25) is 5.91 Å². The summed E-state index contributed by atoms with van der Waals surface area (Å²) in [7, 11) is 0. The molecule has 0 saturated carbocycles. The highest BCUT2D eigenvalue weighted by molar-refractivity contribution is 6.33. The van der Waals surface area contributed by atoms with Gasteiger partial charge in [0.25, 0.3) is 0 Å². The predicted octanol–water partition coefficient (Wildman–Crippen LogP) is 3.15. The summed E-state index contributed by atoms with van der Waals surface area (Å²) >= 11 is 5.96. The molecular formula is C15H21ClN2O3. The summed E-state index contributed by atoms with van der Waals surface area (Å²) in [5.74, 6) is -1.30. The van der Waals surface area contributed by atoms with Crippen molar-refractivity contribution in [2.24, 2.45) is 0 Å². The lowest BCUT2D eigenvalue weighted by Crippen LogP contribution is -2.35. The van der Waals surface area contributed by atoms with E-state index in [-0.39, 0.29) is 18.0 Å². The molecule has 116 valence electrons. The molecular weight excluding hydrogens is 292 g/mol. The number of rotatable bonds is 8. The van der Waals surface area contributed by atoms with Gasteiger partial charge in [-0.05, 0) is 31.0 Å². The molecule has 1 aromatic rings. The fraction of sp³-hybridized carbons (Fsp3) is 0.467. The van der Waals surface area contributed by atoms with E-state index in [1.54, 1.807) is 0 Å². The average Bonchev–Trinajstić information content (AvgIpc) is 2.45. The van der Waals surface area contributed by atoms with Crippen molar-refractivity contribution in [1.29, 1.82) is 0 Å². The molecule has 5 nitrogen and oxygen atoms in total. The topological polar surface area (TPSA) is 78.4 Å². The molecule has 1 unspecified atom stereocenters. The zero-order valence-corrected chi connectivity index (χ0v) is 13.0. The van der Waals surface area contributed by atoms with Crippen LogP contribution < -0.4 is 10.6 Å². The summed E-state index contributed by atoms with van der Waals surface area (Å²) in [6.07, 6.45) is 3.02. The lowest BCUT2D eigenvalue weighted by atomic mass is 10.1. The number of halogens is 1. The van der Waals surface area contributed by atoms with E-state index in [1.807, 2.05) is 0 Å². The molecule has 1 atom stereocenters. The van der Waals surface area contributed by atoms with Crippen LogP contribution in [0.1, 0.15) is 43.5 Å². The van der Waals surface area contributed by atoms with Crippen LogP contribution in [0.4, 0.5) is 5.69 Å². The van der Waals surface area contributed by atoms with Crippen LogP contribution in [0.2, 0.25) is 5.02 Å². The summed E-state index contributed by atoms with van der Waals surface area (Å²) in [6, 6.07) is 4.51. The van der Waals surface area contributed by atoms with Crippen LogP contribution in [0, 0.1) is 0 Å². The molecule has 21 heavy (non-hydrogen) atoms. The van der Waals surface area contributed by atoms with Gasteiger partial charge in [0.1, 0.15) is 0 Å². The SMILES string of the molecule is CCCC(CC)NCC(=O)Nc1cc(C(=O)O)ccc1Cl. The maximum atomic E-state index is 11.9. The number of anilines is 1. The van der Waals surface area contributed by atoms with Gasteiger partial charge in [0, 0.05) is 6.04 Å². The minimum absolute atomic E-state index is 0.0834. The van der Waals surface area contributed by atoms with Gasteiger partial charge in [-0.15, -0.1) is 0 Å². The molecule has 0 fully saturated rings. The Labute approximate surface area is 129 Å². The van der Waals surface area contributed by atoms with E-state index in [1.165, 1.54) is 18.2 Å². The quantitative estimate of drug-likeness (QED) is 0.689. The Kier molecular flexibility index (Phi) is 7.19. The Hall–Kier alpha value is -1.59. The summed E-state index contributed by atoms with van der Waals surface area (Å²) in [5, 5.41) is 15.1. The minimum Gasteiger partial charge on any atom is -0.478 e. The number of carboxylic acids is 1. The van der Waals surface area contributed by atoms with Gasteiger partial charge in [-0.1, -0.05) is 31.9 Å². The van der Waals surface area contributed by atoms with Gasteiger partial charge >= 0.3 is 5.97 Å². The number of benzene rings is 1. The highest BCUT2D eigenvalue weighted by Crippen LogP contribution is 2.23. The van der Waals surface area contributed by atoms with Crippen molar-refractivity contribution >= 4 is 29.2 Å². The molecule has 0 saturated heterocycles. The number of nitrogens with one attached hydrogen (secondary N) is 2. The van der Waals surface area contributed by atoms with Crippen molar-refractivity contribution in [1.82, 2.24) is 5.32 Å². The fourth-order valence-electron chi connectivity index (χ4n) is 1.98. The fourth-order valence-corrected chi connectivity index (χ4v) is 2.15. The lowest BCUT2D eigenvalue weighted by Gasteiger charge is -2.16. The van der Waals surface area contributed by atoms with E-state index in [4.69, 9.17) is 16.7 Å². The number of amides is 1. The summed E-state index contributed by atoms with van der Waals surface area (Å²) < 4.78 is 0. The second kappa shape index (κ2) is 8.64. The molecule has 0 aliphatic heterocycles. The molecule has 1 aromatic carbocycles. The first-order chi connectivity index (χ1) is 9.97. The van der Waals surface area contributed by atoms with Gasteiger partial charge in [-0.2, -0.15) is 0 Å². The van der Waals surface area contributed by atoms with E-state index in [2.05, 4.69) is 24.5 Å². The summed E-state index contributed by atoms with van der Waals surface area (Å²) in [5.41, 5.74) is 0.395. The molecule has 0 bridgehead atoms. The molecule has 0 aromatic heterocycles. The number of carboxylic acid groups (broad SMARTS) is 1. The Balaban J connectivity index is 2.62. The third-order valence-electron chi connectivity index (χ3n) is 3.17. The summed E-state index contributed by atoms with van der Waals surface area (Å²) in [4.78, 5) is 22.8. The number of hydrogen-bond acceptors (Lipinski definition) is 3. The van der Waals surface area contributed by atoms with Crippen LogP contribution >= 0.6 is 11.6 Å². The normalized spacial score (nSPS) is 12.0. The Morgan fingerprint density at radius 2 is 2.05 bits per heavy atom. The third-order valence-corrected chi connectivity index (χ3v) is 3.50. The first-order valence-electron chi connectivity index (χ1n) is 7.04.